The van der Waals surface area contributed by atoms with Gasteiger partial charge in [0.15, 0.2) is 0 Å². The third-order valence-corrected chi connectivity index (χ3v) is 13.9. The van der Waals surface area contributed by atoms with Gasteiger partial charge in [-0.05, 0) is 158 Å². The summed E-state index contributed by atoms with van der Waals surface area (Å²) in [7, 11) is 0. The van der Waals surface area contributed by atoms with Crippen LogP contribution in [0.3, 0.4) is 0 Å². The molecule has 0 saturated heterocycles. The molecule has 0 spiro atoms. The van der Waals surface area contributed by atoms with Crippen LogP contribution in [0.4, 0.5) is 11.4 Å². The zero-order chi connectivity index (χ0) is 51.6. The number of carbonyl (C=O) groups excluding carboxylic acids is 2. The van der Waals surface area contributed by atoms with Crippen molar-refractivity contribution in [2.45, 2.75) is 75.5 Å². The number of carboxylic acids is 1. The van der Waals surface area contributed by atoms with Gasteiger partial charge in [-0.1, -0.05) is 106 Å². The van der Waals surface area contributed by atoms with Gasteiger partial charge in [0.05, 0.1) is 67.5 Å². The quantitative estimate of drug-likeness (QED) is 0.0425. The fraction of sp³-hybridized carbons (Fsp3) is 0.340. The first kappa shape index (κ1) is 54.1. The van der Waals surface area contributed by atoms with Crippen LogP contribution in [0.15, 0.2) is 83.1 Å². The molecule has 2 aliphatic carbocycles. The minimum absolute atomic E-state index is 0.0409. The molecule has 2 saturated carbocycles. The van der Waals surface area contributed by atoms with Crippen molar-refractivity contribution in [1.82, 2.24) is 45.7 Å². The molecule has 2 aliphatic rings. The minimum atomic E-state index is -0.919. The number of benzene rings is 4. The smallest absolute Gasteiger partial charge is 0.317 e. The maximum atomic E-state index is 12.6. The molecule has 0 bridgehead atoms. The largest absolute Gasteiger partial charge is 0.480 e. The Morgan fingerprint density at radius 3 is 1.49 bits per heavy atom. The Morgan fingerprint density at radius 1 is 0.653 bits per heavy atom. The minimum Gasteiger partial charge on any atom is -0.480 e. The summed E-state index contributed by atoms with van der Waals surface area (Å²) in [6.45, 7) is 7.78. The number of tetrazole rings is 2. The molecule has 8 rings (SSSR count). The van der Waals surface area contributed by atoms with E-state index < -0.39 is 16.8 Å². The summed E-state index contributed by atoms with van der Waals surface area (Å²) in [5, 5.41) is 52.9. The second kappa shape index (κ2) is 24.4. The summed E-state index contributed by atoms with van der Waals surface area (Å²) in [5.41, 5.74) is 5.14. The molecule has 0 atom stereocenters. The van der Waals surface area contributed by atoms with E-state index in [2.05, 4.69) is 70.7 Å². The standard InChI is InChI=1S/C26H26Cl2N6O3S.C24H23Cl2N5O2S/c1-26(2,15-29-13-24(36)37)10-9-16-3-7-21(19(27)11-16)30-23(35)14-38-25-31-32-33-34(25)22-8-6-18(12-20(22)28)17-4-5-17;1-24(2,14-32)10-9-15-3-7-20(18(25)11-15)27-22(33)13-34-23-28-29-30-31(23)21-8-6-17(12-19(21)26)16-4-5-16/h3,6-8,11-12,17,29H,4-5,13-15H2,1-2H3,(H,30,35)(H,36,37);3,6-8,11-12,16,32H,4-5,13-14H2,1-2H3,(H,27,33). The Labute approximate surface area is 445 Å². The average molecular weight is 1090 g/mol. The third-order valence-electron chi connectivity index (χ3n) is 10.9. The van der Waals surface area contributed by atoms with Crippen LogP contribution in [0.5, 0.6) is 0 Å². The number of nitrogens with one attached hydrogen (secondary N) is 3. The van der Waals surface area contributed by atoms with E-state index in [1.807, 2.05) is 64.1 Å². The van der Waals surface area contributed by atoms with Crippen LogP contribution in [0.2, 0.25) is 20.1 Å². The Balaban J connectivity index is 0.000000213. The number of aliphatic hydroxyl groups is 1. The van der Waals surface area contributed by atoms with Gasteiger partial charge in [-0.15, -0.1) is 10.2 Å². The first-order valence-electron chi connectivity index (χ1n) is 22.6. The lowest BCUT2D eigenvalue weighted by molar-refractivity contribution is -0.136. The van der Waals surface area contributed by atoms with Gasteiger partial charge in [-0.2, -0.15) is 9.36 Å². The summed E-state index contributed by atoms with van der Waals surface area (Å²) in [6, 6.07) is 22.1. The second-order valence-corrected chi connectivity index (χ2v) is 21.7. The molecule has 22 heteroatoms. The maximum Gasteiger partial charge on any atom is 0.317 e. The van der Waals surface area contributed by atoms with Gasteiger partial charge in [0, 0.05) is 28.5 Å². The highest BCUT2D eigenvalue weighted by Gasteiger charge is 2.26. The van der Waals surface area contributed by atoms with Gasteiger partial charge in [0.2, 0.25) is 22.1 Å². The summed E-state index contributed by atoms with van der Waals surface area (Å²) < 4.78 is 3.06. The number of aliphatic carboxylic acids is 1. The van der Waals surface area contributed by atoms with Crippen molar-refractivity contribution in [3.63, 3.8) is 0 Å². The van der Waals surface area contributed by atoms with Crippen molar-refractivity contribution in [1.29, 1.82) is 0 Å². The molecule has 2 aromatic heterocycles. The molecule has 2 heterocycles. The number of aromatic nitrogens is 8. The molecule has 6 aromatic rings. The van der Waals surface area contributed by atoms with Crippen LogP contribution < -0.4 is 16.0 Å². The summed E-state index contributed by atoms with van der Waals surface area (Å²) in [4.78, 5) is 35.8. The number of aliphatic hydroxyl groups excluding tert-OH is 1. The number of anilines is 2. The van der Waals surface area contributed by atoms with Crippen molar-refractivity contribution in [3.05, 3.63) is 115 Å². The number of thioether (sulfide) groups is 2. The summed E-state index contributed by atoms with van der Waals surface area (Å²) >= 11 is 28.1. The highest BCUT2D eigenvalue weighted by atomic mass is 35.5. The molecule has 4 aromatic carbocycles. The van der Waals surface area contributed by atoms with E-state index in [-0.39, 0.29) is 36.5 Å². The van der Waals surface area contributed by atoms with Gasteiger partial charge in [0.25, 0.3) is 0 Å². The molecule has 2 amide bonds. The van der Waals surface area contributed by atoms with Gasteiger partial charge in [-0.25, -0.2) is 0 Å². The van der Waals surface area contributed by atoms with E-state index in [9.17, 15) is 19.5 Å². The van der Waals surface area contributed by atoms with Crippen LogP contribution >= 0.6 is 69.9 Å². The number of rotatable bonds is 17. The van der Waals surface area contributed by atoms with E-state index in [1.54, 1.807) is 36.4 Å². The van der Waals surface area contributed by atoms with Crippen LogP contribution in [0.25, 0.3) is 11.4 Å². The Morgan fingerprint density at radius 2 is 1.10 bits per heavy atom. The van der Waals surface area contributed by atoms with Gasteiger partial charge in [0.1, 0.15) is 0 Å². The number of amides is 2. The Kier molecular flexibility index (Phi) is 18.3. The van der Waals surface area contributed by atoms with Gasteiger partial charge in [-0.3, -0.25) is 14.4 Å². The first-order chi connectivity index (χ1) is 34.4. The number of halogens is 4. The van der Waals surface area contributed by atoms with Crippen LogP contribution in [-0.2, 0) is 14.4 Å². The highest BCUT2D eigenvalue weighted by molar-refractivity contribution is 8.00. The Hall–Kier alpha value is -5.67. The lowest BCUT2D eigenvalue weighted by Gasteiger charge is -2.17. The number of hydrogen-bond acceptors (Lipinski definition) is 13. The molecular formula is C50H49Cl4N11O5S2. The lowest BCUT2D eigenvalue weighted by Crippen LogP contribution is -2.32. The average Bonchev–Trinajstić information content (AvgIpc) is 4.28. The SMILES string of the molecule is CC(C)(C#Cc1ccc(NC(=O)CSc2nnnn2-c2ccc(C3CC3)cc2Cl)c(Cl)c1)CNCC(=O)O.CC(C)(C#Cc1ccc(NC(=O)CSc2nnnn2-c2ccc(C3CC3)cc2Cl)c(Cl)c1)CO. The van der Waals surface area contributed by atoms with Crippen LogP contribution in [-0.4, -0.2) is 99.6 Å². The number of hydrogen-bond donors (Lipinski definition) is 5. The zero-order valence-electron chi connectivity index (χ0n) is 39.5. The van der Waals surface area contributed by atoms with E-state index >= 15 is 0 Å². The number of nitrogens with zero attached hydrogens (tertiary/aromatic N) is 8. The van der Waals surface area contributed by atoms with E-state index in [4.69, 9.17) is 51.5 Å². The molecule has 16 nitrogen and oxygen atoms in total. The molecule has 0 radical (unpaired) electrons. The topological polar surface area (TPSA) is 215 Å². The van der Waals surface area contributed by atoms with Crippen molar-refractivity contribution in [2.75, 3.05) is 41.8 Å². The van der Waals surface area contributed by atoms with Crippen molar-refractivity contribution in [2.24, 2.45) is 10.8 Å². The summed E-state index contributed by atoms with van der Waals surface area (Å²) in [5.74, 6) is 12.1. The summed E-state index contributed by atoms with van der Waals surface area (Å²) in [6.07, 6.45) is 4.75. The van der Waals surface area contributed by atoms with Crippen molar-refractivity contribution < 1.29 is 24.6 Å². The molecule has 374 valence electrons. The third kappa shape index (κ3) is 15.7. The van der Waals surface area contributed by atoms with Crippen molar-refractivity contribution >= 4 is 99.1 Å². The lowest BCUT2D eigenvalue weighted by atomic mass is 9.94. The number of carboxylic acid groups (broad SMARTS) is 1. The normalized spacial score (nSPS) is 13.2. The fourth-order valence-corrected chi connectivity index (χ4v) is 9.00. The number of carbonyl (C=O) groups is 3. The van der Waals surface area contributed by atoms with E-state index in [1.165, 1.54) is 69.7 Å². The van der Waals surface area contributed by atoms with Gasteiger partial charge < -0.3 is 26.2 Å². The first-order valence-corrected chi connectivity index (χ1v) is 26.1. The van der Waals surface area contributed by atoms with Crippen LogP contribution in [0, 0.1) is 34.5 Å². The van der Waals surface area contributed by atoms with Gasteiger partial charge >= 0.3 is 5.97 Å². The maximum absolute atomic E-state index is 12.6. The molecule has 72 heavy (non-hydrogen) atoms. The van der Waals surface area contributed by atoms with Crippen molar-refractivity contribution in [3.8, 4) is 35.1 Å². The fourth-order valence-electron chi connectivity index (χ4n) is 6.64. The molecular weight excluding hydrogens is 1040 g/mol. The van der Waals surface area contributed by atoms with E-state index in [0.29, 0.717) is 82.7 Å². The predicted octanol–water partition coefficient (Wildman–Crippen LogP) is 9.58. The molecule has 0 aliphatic heterocycles. The van der Waals surface area contributed by atoms with Crippen LogP contribution in [0.1, 0.15) is 87.5 Å². The van der Waals surface area contributed by atoms with E-state index in [0.717, 1.165) is 0 Å². The molecule has 2 fully saturated rings. The second-order valence-electron chi connectivity index (χ2n) is 18.2. The Bertz CT molecular complexity index is 3100. The predicted molar refractivity (Wildman–Crippen MR) is 283 cm³/mol. The molecule has 5 N–H and O–H groups in total. The molecule has 0 unspecified atom stereocenters. The monoisotopic (exact) mass is 1090 g/mol. The highest BCUT2D eigenvalue weighted by Crippen LogP contribution is 2.43. The zero-order valence-corrected chi connectivity index (χ0v) is 44.1.